The number of carbonyl (C=O) groups is 3. The standard InChI is InChI=1S/C34H31FN2O6/c1-21-5-11-25(12-6-21)29-17-18-30(42-29)31(38)37-28(32(39)40)20-23-8-14-24(27(35)19-23)13-7-22-9-15-26(16-10-22)36-33(41)43-34(2,3)4/h5-6,8-12,14-19,28H,20H2,1-4H3,(H,36,41)(H,37,38)(H,39,40)/t28-/m1/s1. The number of carboxylic acids is 1. The number of aliphatic carboxylic acids is 1. The third-order valence-electron chi connectivity index (χ3n) is 6.11. The molecule has 0 spiro atoms. The van der Waals surface area contributed by atoms with Gasteiger partial charge in [0.15, 0.2) is 5.76 Å². The summed E-state index contributed by atoms with van der Waals surface area (Å²) in [6.07, 6.45) is -0.727. The Labute approximate surface area is 248 Å². The predicted octanol–water partition coefficient (Wildman–Crippen LogP) is 6.57. The van der Waals surface area contributed by atoms with E-state index in [1.54, 1.807) is 57.2 Å². The Balaban J connectivity index is 1.38. The van der Waals surface area contributed by atoms with Gasteiger partial charge in [0.2, 0.25) is 0 Å². The highest BCUT2D eigenvalue weighted by atomic mass is 19.1. The summed E-state index contributed by atoms with van der Waals surface area (Å²) in [5.74, 6) is 3.47. The second-order valence-corrected chi connectivity index (χ2v) is 10.9. The molecule has 3 aromatic carbocycles. The largest absolute Gasteiger partial charge is 0.480 e. The van der Waals surface area contributed by atoms with E-state index in [0.29, 0.717) is 22.6 Å². The molecule has 0 unspecified atom stereocenters. The Kier molecular flexibility index (Phi) is 9.31. The molecule has 0 aliphatic rings. The maximum atomic E-state index is 14.8. The monoisotopic (exact) mass is 582 g/mol. The number of benzene rings is 3. The van der Waals surface area contributed by atoms with Crippen molar-refractivity contribution in [3.05, 3.63) is 113 Å². The zero-order chi connectivity index (χ0) is 31.1. The molecule has 1 atom stereocenters. The number of amides is 2. The van der Waals surface area contributed by atoms with E-state index >= 15 is 0 Å². The lowest BCUT2D eigenvalue weighted by Crippen LogP contribution is -2.42. The maximum absolute atomic E-state index is 14.8. The second-order valence-electron chi connectivity index (χ2n) is 10.9. The molecule has 220 valence electrons. The molecular weight excluding hydrogens is 551 g/mol. The van der Waals surface area contributed by atoms with Crippen LogP contribution in [-0.2, 0) is 16.0 Å². The minimum atomic E-state index is -1.32. The third-order valence-corrected chi connectivity index (χ3v) is 6.11. The van der Waals surface area contributed by atoms with E-state index in [4.69, 9.17) is 9.15 Å². The number of halogens is 1. The molecule has 8 nitrogen and oxygen atoms in total. The summed E-state index contributed by atoms with van der Waals surface area (Å²) in [6, 6.07) is 20.2. The number of hydrogen-bond acceptors (Lipinski definition) is 5. The molecule has 0 aliphatic carbocycles. The van der Waals surface area contributed by atoms with Gasteiger partial charge in [-0.3, -0.25) is 10.1 Å². The fraction of sp³-hybridized carbons (Fsp3) is 0.206. The van der Waals surface area contributed by atoms with E-state index in [2.05, 4.69) is 22.5 Å². The van der Waals surface area contributed by atoms with Crippen LogP contribution in [0.25, 0.3) is 11.3 Å². The first-order valence-corrected chi connectivity index (χ1v) is 13.5. The number of ether oxygens (including phenoxy) is 1. The molecule has 0 bridgehead atoms. The van der Waals surface area contributed by atoms with Crippen molar-refractivity contribution >= 4 is 23.7 Å². The van der Waals surface area contributed by atoms with Gasteiger partial charge in [-0.15, -0.1) is 0 Å². The van der Waals surface area contributed by atoms with Crippen molar-refractivity contribution in [1.29, 1.82) is 0 Å². The number of furan rings is 1. The molecule has 1 heterocycles. The molecule has 2 amide bonds. The number of aryl methyl sites for hydroxylation is 1. The molecule has 0 saturated heterocycles. The third kappa shape index (κ3) is 8.81. The highest BCUT2D eigenvalue weighted by molar-refractivity contribution is 5.94. The number of carbonyl (C=O) groups excluding carboxylic acids is 2. The van der Waals surface area contributed by atoms with Crippen molar-refractivity contribution in [1.82, 2.24) is 5.32 Å². The van der Waals surface area contributed by atoms with Crippen molar-refractivity contribution in [2.24, 2.45) is 0 Å². The molecule has 9 heteroatoms. The molecule has 0 saturated carbocycles. The molecule has 4 rings (SSSR count). The minimum absolute atomic E-state index is 0.0349. The average molecular weight is 583 g/mol. The van der Waals surface area contributed by atoms with E-state index in [1.807, 2.05) is 31.2 Å². The highest BCUT2D eigenvalue weighted by Gasteiger charge is 2.23. The topological polar surface area (TPSA) is 118 Å². The Hall–Kier alpha value is -5.36. The van der Waals surface area contributed by atoms with Crippen LogP contribution in [0.3, 0.4) is 0 Å². The summed E-state index contributed by atoms with van der Waals surface area (Å²) >= 11 is 0. The molecule has 0 radical (unpaired) electrons. The van der Waals surface area contributed by atoms with E-state index in [-0.39, 0.29) is 17.7 Å². The van der Waals surface area contributed by atoms with Crippen LogP contribution in [0.2, 0.25) is 0 Å². The van der Waals surface area contributed by atoms with Crippen LogP contribution < -0.4 is 10.6 Å². The van der Waals surface area contributed by atoms with Crippen LogP contribution >= 0.6 is 0 Å². The molecule has 0 aliphatic heterocycles. The van der Waals surface area contributed by atoms with Gasteiger partial charge >= 0.3 is 12.1 Å². The summed E-state index contributed by atoms with van der Waals surface area (Å²) in [5, 5.41) is 14.8. The zero-order valence-electron chi connectivity index (χ0n) is 24.2. The van der Waals surface area contributed by atoms with E-state index in [0.717, 1.165) is 11.1 Å². The van der Waals surface area contributed by atoms with Crippen LogP contribution in [0.15, 0.2) is 83.3 Å². The highest BCUT2D eigenvalue weighted by Crippen LogP contribution is 2.23. The van der Waals surface area contributed by atoms with E-state index < -0.39 is 35.4 Å². The fourth-order valence-corrected chi connectivity index (χ4v) is 3.98. The summed E-state index contributed by atoms with van der Waals surface area (Å²) in [7, 11) is 0. The first-order valence-electron chi connectivity index (χ1n) is 13.5. The van der Waals surface area contributed by atoms with Crippen LogP contribution in [-0.4, -0.2) is 34.7 Å². The summed E-state index contributed by atoms with van der Waals surface area (Å²) in [4.78, 5) is 36.5. The number of hydrogen-bond donors (Lipinski definition) is 3. The Morgan fingerprint density at radius 1 is 0.953 bits per heavy atom. The molecular formula is C34H31FN2O6. The molecule has 0 fully saturated rings. The van der Waals surface area contributed by atoms with Gasteiger partial charge in [-0.1, -0.05) is 47.7 Å². The van der Waals surface area contributed by atoms with Crippen molar-refractivity contribution in [2.75, 3.05) is 5.32 Å². The Morgan fingerprint density at radius 2 is 1.65 bits per heavy atom. The van der Waals surface area contributed by atoms with Crippen molar-refractivity contribution < 1.29 is 33.0 Å². The molecule has 43 heavy (non-hydrogen) atoms. The van der Waals surface area contributed by atoms with E-state index in [1.165, 1.54) is 18.2 Å². The van der Waals surface area contributed by atoms with Gasteiger partial charge in [0.1, 0.15) is 23.2 Å². The average Bonchev–Trinajstić information content (AvgIpc) is 3.43. The van der Waals surface area contributed by atoms with Crippen LogP contribution in [0, 0.1) is 24.6 Å². The van der Waals surface area contributed by atoms with Crippen LogP contribution in [0.1, 0.15) is 53.6 Å². The SMILES string of the molecule is Cc1ccc(-c2ccc(C(=O)N[C@H](Cc3ccc(C#Cc4ccc(NC(=O)OC(C)(C)C)cc4)c(F)c3)C(=O)O)o2)cc1. The lowest BCUT2D eigenvalue weighted by Gasteiger charge is -2.19. The predicted molar refractivity (Wildman–Crippen MR) is 160 cm³/mol. The zero-order valence-corrected chi connectivity index (χ0v) is 24.2. The fourth-order valence-electron chi connectivity index (χ4n) is 3.98. The summed E-state index contributed by atoms with van der Waals surface area (Å²) < 4.78 is 25.7. The maximum Gasteiger partial charge on any atom is 0.412 e. The van der Waals surface area contributed by atoms with E-state index in [9.17, 15) is 23.9 Å². The van der Waals surface area contributed by atoms with Crippen molar-refractivity contribution in [3.8, 4) is 23.2 Å². The van der Waals surface area contributed by atoms with Crippen molar-refractivity contribution in [2.45, 2.75) is 45.8 Å². The lowest BCUT2D eigenvalue weighted by molar-refractivity contribution is -0.139. The lowest BCUT2D eigenvalue weighted by atomic mass is 10.0. The first-order chi connectivity index (χ1) is 20.4. The van der Waals surface area contributed by atoms with Crippen molar-refractivity contribution in [3.63, 3.8) is 0 Å². The van der Waals surface area contributed by atoms with Gasteiger partial charge in [-0.2, -0.15) is 0 Å². The van der Waals surface area contributed by atoms with Gasteiger partial charge in [0.05, 0.1) is 5.56 Å². The smallest absolute Gasteiger partial charge is 0.412 e. The number of carboxylic acid groups (broad SMARTS) is 1. The second kappa shape index (κ2) is 13.1. The number of anilines is 1. The summed E-state index contributed by atoms with van der Waals surface area (Å²) in [6.45, 7) is 7.26. The van der Waals surface area contributed by atoms with Crippen LogP contribution in [0.4, 0.5) is 14.9 Å². The van der Waals surface area contributed by atoms with Gasteiger partial charge < -0.3 is 19.6 Å². The normalized spacial score (nSPS) is 11.6. The quantitative estimate of drug-likeness (QED) is 0.212. The molecule has 1 aromatic heterocycles. The van der Waals surface area contributed by atoms with Crippen LogP contribution in [0.5, 0.6) is 0 Å². The van der Waals surface area contributed by atoms with Gasteiger partial charge in [-0.05, 0) is 81.8 Å². The molecule has 4 aromatic rings. The minimum Gasteiger partial charge on any atom is -0.480 e. The Bertz CT molecular complexity index is 1690. The van der Waals surface area contributed by atoms with Gasteiger partial charge in [0, 0.05) is 23.2 Å². The Morgan fingerprint density at radius 3 is 2.28 bits per heavy atom. The number of rotatable bonds is 7. The molecule has 3 N–H and O–H groups in total. The number of nitrogens with one attached hydrogen (secondary N) is 2. The van der Waals surface area contributed by atoms with Gasteiger partial charge in [0.25, 0.3) is 5.91 Å². The summed E-state index contributed by atoms with van der Waals surface area (Å²) in [5.41, 5.74) is 2.84. The van der Waals surface area contributed by atoms with Gasteiger partial charge in [-0.25, -0.2) is 14.0 Å². The first kappa shape index (κ1) is 30.6.